The van der Waals surface area contributed by atoms with Gasteiger partial charge in [-0.15, -0.1) is 0 Å². The van der Waals surface area contributed by atoms with Crippen LogP contribution in [0.3, 0.4) is 0 Å². The lowest BCUT2D eigenvalue weighted by atomic mass is 9.92. The smallest absolute Gasteiger partial charge is 0.288 e. The Hall–Kier alpha value is -2.60. The molecule has 1 unspecified atom stereocenters. The van der Waals surface area contributed by atoms with E-state index in [1.54, 1.807) is 18.2 Å². The van der Waals surface area contributed by atoms with E-state index >= 15 is 0 Å². The van der Waals surface area contributed by atoms with Crippen molar-refractivity contribution in [2.75, 3.05) is 14.2 Å². The van der Waals surface area contributed by atoms with E-state index in [0.29, 0.717) is 22.6 Å². The van der Waals surface area contributed by atoms with Gasteiger partial charge < -0.3 is 9.47 Å². The summed E-state index contributed by atoms with van der Waals surface area (Å²) in [6.45, 7) is 0. The molecule has 2 aromatic carbocycles. The van der Waals surface area contributed by atoms with Crippen LogP contribution in [0.1, 0.15) is 33.8 Å². The lowest BCUT2D eigenvalue weighted by Crippen LogP contribution is -2.00. The summed E-state index contributed by atoms with van der Waals surface area (Å²) in [5.41, 5.74) is 1.82. The van der Waals surface area contributed by atoms with Crippen LogP contribution in [0.2, 0.25) is 5.02 Å². The Kier molecular flexibility index (Phi) is 4.15. The first-order chi connectivity index (χ1) is 11.5. The van der Waals surface area contributed by atoms with Crippen molar-refractivity contribution in [3.05, 3.63) is 62.2 Å². The minimum atomic E-state index is -0.530. The van der Waals surface area contributed by atoms with Gasteiger partial charge in [-0.3, -0.25) is 14.9 Å². The zero-order chi connectivity index (χ0) is 17.4. The molecular weight excluding hydrogens is 334 g/mol. The number of Topliss-reactive ketones (excluding diaryl/α,β-unsaturated/α-hetero) is 1. The molecule has 3 rings (SSSR count). The second kappa shape index (κ2) is 6.13. The average molecular weight is 348 g/mol. The summed E-state index contributed by atoms with van der Waals surface area (Å²) in [4.78, 5) is 22.9. The number of nitro groups is 1. The maximum Gasteiger partial charge on any atom is 0.288 e. The summed E-state index contributed by atoms with van der Waals surface area (Å²) >= 11 is 5.87. The van der Waals surface area contributed by atoms with Gasteiger partial charge >= 0.3 is 0 Å². The van der Waals surface area contributed by atoms with E-state index in [0.717, 1.165) is 5.56 Å². The van der Waals surface area contributed by atoms with E-state index in [4.69, 9.17) is 21.1 Å². The second-order valence-corrected chi connectivity index (χ2v) is 5.85. The Bertz CT molecular complexity index is 849. The molecule has 2 aromatic rings. The minimum absolute atomic E-state index is 0.0337. The van der Waals surface area contributed by atoms with Crippen LogP contribution in [0.5, 0.6) is 11.5 Å². The van der Waals surface area contributed by atoms with Crippen LogP contribution in [-0.2, 0) is 0 Å². The summed E-state index contributed by atoms with van der Waals surface area (Å²) in [5.74, 6) is 0.684. The number of nitro benzene ring substituents is 1. The van der Waals surface area contributed by atoms with E-state index in [2.05, 4.69) is 0 Å². The molecule has 0 bridgehead atoms. The maximum atomic E-state index is 12.3. The number of rotatable bonds is 4. The predicted octanol–water partition coefficient (Wildman–Crippen LogP) is 3.98. The summed E-state index contributed by atoms with van der Waals surface area (Å²) in [5, 5.41) is 11.2. The zero-order valence-corrected chi connectivity index (χ0v) is 13.8. The number of carbonyl (C=O) groups is 1. The number of ether oxygens (including phenoxy) is 2. The highest BCUT2D eigenvalue weighted by Gasteiger charge is 2.33. The number of hydrogen-bond acceptors (Lipinski definition) is 5. The van der Waals surface area contributed by atoms with Crippen molar-refractivity contribution in [1.29, 1.82) is 0 Å². The first-order valence-electron chi connectivity index (χ1n) is 7.19. The molecule has 6 nitrogen and oxygen atoms in total. The van der Waals surface area contributed by atoms with Crippen LogP contribution in [0, 0.1) is 10.1 Å². The SMILES string of the molecule is COc1cc2c(cc1OC)C(c1ccc(Cl)c([N+](=O)[O-])c1)CC2=O. The molecule has 0 saturated heterocycles. The van der Waals surface area contributed by atoms with Gasteiger partial charge in [0.2, 0.25) is 0 Å². The third kappa shape index (κ3) is 2.59. The molecule has 0 fully saturated rings. The first-order valence-corrected chi connectivity index (χ1v) is 7.57. The monoisotopic (exact) mass is 347 g/mol. The minimum Gasteiger partial charge on any atom is -0.493 e. The summed E-state index contributed by atoms with van der Waals surface area (Å²) in [6.07, 6.45) is 0.241. The number of ketones is 1. The van der Waals surface area contributed by atoms with Crippen LogP contribution in [0.15, 0.2) is 30.3 Å². The second-order valence-electron chi connectivity index (χ2n) is 5.44. The fourth-order valence-corrected chi connectivity index (χ4v) is 3.20. The van der Waals surface area contributed by atoms with Crippen LogP contribution >= 0.6 is 11.6 Å². The molecule has 0 heterocycles. The highest BCUT2D eigenvalue weighted by molar-refractivity contribution is 6.32. The van der Waals surface area contributed by atoms with E-state index < -0.39 is 4.92 Å². The lowest BCUT2D eigenvalue weighted by molar-refractivity contribution is -0.384. The van der Waals surface area contributed by atoms with Crippen molar-refractivity contribution in [2.45, 2.75) is 12.3 Å². The van der Waals surface area contributed by atoms with Crippen molar-refractivity contribution in [3.63, 3.8) is 0 Å². The highest BCUT2D eigenvalue weighted by atomic mass is 35.5. The molecule has 0 radical (unpaired) electrons. The molecule has 24 heavy (non-hydrogen) atoms. The molecule has 0 amide bonds. The number of methoxy groups -OCH3 is 2. The first kappa shape index (κ1) is 16.3. The van der Waals surface area contributed by atoms with Crippen molar-refractivity contribution >= 4 is 23.1 Å². The van der Waals surface area contributed by atoms with Gasteiger partial charge in [0.05, 0.1) is 19.1 Å². The molecule has 0 saturated carbocycles. The van der Waals surface area contributed by atoms with Crippen LogP contribution < -0.4 is 9.47 Å². The Morgan fingerprint density at radius 2 is 1.83 bits per heavy atom. The zero-order valence-electron chi connectivity index (χ0n) is 13.0. The fourth-order valence-electron chi connectivity index (χ4n) is 3.01. The summed E-state index contributed by atoms with van der Waals surface area (Å²) in [6, 6.07) is 8.02. The van der Waals surface area contributed by atoms with Crippen molar-refractivity contribution < 1.29 is 19.2 Å². The van der Waals surface area contributed by atoms with Crippen molar-refractivity contribution in [3.8, 4) is 11.5 Å². The molecule has 1 aliphatic carbocycles. The number of hydrogen-bond donors (Lipinski definition) is 0. The van der Waals surface area contributed by atoms with Crippen molar-refractivity contribution in [2.24, 2.45) is 0 Å². The van der Waals surface area contributed by atoms with Gasteiger partial charge in [0.25, 0.3) is 5.69 Å². The molecule has 0 aliphatic heterocycles. The molecule has 0 spiro atoms. The Balaban J connectivity index is 2.12. The molecule has 0 aromatic heterocycles. The average Bonchev–Trinajstić information content (AvgIpc) is 2.89. The van der Waals surface area contributed by atoms with E-state index in [1.165, 1.54) is 26.4 Å². The predicted molar refractivity (Wildman–Crippen MR) is 88.4 cm³/mol. The number of fused-ring (bicyclic) bond motifs is 1. The number of benzene rings is 2. The van der Waals surface area contributed by atoms with Gasteiger partial charge in [0.1, 0.15) is 5.02 Å². The normalized spacial score (nSPS) is 16.0. The quantitative estimate of drug-likeness (QED) is 0.617. The molecular formula is C17H14ClNO5. The van der Waals surface area contributed by atoms with Gasteiger partial charge in [-0.1, -0.05) is 17.7 Å². The topological polar surface area (TPSA) is 78.7 Å². The standard InChI is InChI=1S/C17H14ClNO5/c1-23-16-7-11-10(6-15(20)12(11)8-17(16)24-2)9-3-4-13(18)14(5-9)19(21)22/h3-5,7-8,10H,6H2,1-2H3. The summed E-state index contributed by atoms with van der Waals surface area (Å²) in [7, 11) is 3.02. The van der Waals surface area contributed by atoms with Crippen molar-refractivity contribution in [1.82, 2.24) is 0 Å². The number of carbonyl (C=O) groups excluding carboxylic acids is 1. The molecule has 7 heteroatoms. The Morgan fingerprint density at radius 3 is 2.46 bits per heavy atom. The van der Waals surface area contributed by atoms with E-state index in [1.807, 2.05) is 0 Å². The fraction of sp³-hybridized carbons (Fsp3) is 0.235. The van der Waals surface area contributed by atoms with E-state index in [9.17, 15) is 14.9 Å². The van der Waals surface area contributed by atoms with Gasteiger partial charge in [-0.2, -0.15) is 0 Å². The van der Waals surface area contributed by atoms with Gasteiger partial charge in [-0.05, 0) is 29.3 Å². The van der Waals surface area contributed by atoms with Gasteiger partial charge in [-0.25, -0.2) is 0 Å². The summed E-state index contributed by atoms with van der Waals surface area (Å²) < 4.78 is 10.5. The molecule has 1 aliphatic rings. The maximum absolute atomic E-state index is 12.3. The molecule has 124 valence electrons. The number of halogens is 1. The third-order valence-electron chi connectivity index (χ3n) is 4.19. The molecule has 1 atom stereocenters. The number of nitrogens with zero attached hydrogens (tertiary/aromatic N) is 1. The van der Waals surface area contributed by atoms with Crippen LogP contribution in [0.4, 0.5) is 5.69 Å². The highest BCUT2D eigenvalue weighted by Crippen LogP contribution is 2.44. The lowest BCUT2D eigenvalue weighted by Gasteiger charge is -2.14. The van der Waals surface area contributed by atoms with Gasteiger partial charge in [0.15, 0.2) is 17.3 Å². The van der Waals surface area contributed by atoms with Gasteiger partial charge in [0, 0.05) is 24.0 Å². The van der Waals surface area contributed by atoms with Crippen LogP contribution in [-0.4, -0.2) is 24.9 Å². The third-order valence-corrected chi connectivity index (χ3v) is 4.51. The Labute approximate surface area is 143 Å². The largest absolute Gasteiger partial charge is 0.493 e. The van der Waals surface area contributed by atoms with Crippen LogP contribution in [0.25, 0.3) is 0 Å². The Morgan fingerprint density at radius 1 is 1.17 bits per heavy atom. The molecule has 0 N–H and O–H groups in total. The van der Waals surface area contributed by atoms with E-state index in [-0.39, 0.29) is 28.8 Å².